The van der Waals surface area contributed by atoms with Crippen molar-refractivity contribution in [3.05, 3.63) is 47.0 Å². The molecule has 1 aromatic rings. The molecule has 0 spiro atoms. The number of benzene rings is 1. The number of hydrogen-bond donors (Lipinski definition) is 2. The smallest absolute Gasteiger partial charge is 0.230 e. The van der Waals surface area contributed by atoms with Crippen LogP contribution in [0.25, 0.3) is 0 Å². The van der Waals surface area contributed by atoms with E-state index in [1.54, 1.807) is 0 Å². The van der Waals surface area contributed by atoms with Crippen LogP contribution in [0.2, 0.25) is 0 Å². The zero-order chi connectivity index (χ0) is 14.6. The Hall–Kier alpha value is -1.61. The molecule has 0 fully saturated rings. The number of carbonyl (C=O) groups is 1. The van der Waals surface area contributed by atoms with Gasteiger partial charge in [0.15, 0.2) is 0 Å². The molecule has 2 rings (SSSR count). The molecule has 1 aliphatic rings. The monoisotopic (exact) mass is 272 g/mol. The summed E-state index contributed by atoms with van der Waals surface area (Å²) in [6.45, 7) is 8.60. The number of nitrogens with one attached hydrogen (secondary N) is 2. The first-order valence-corrected chi connectivity index (χ1v) is 7.25. The highest BCUT2D eigenvalue weighted by molar-refractivity contribution is 5.87. The third kappa shape index (κ3) is 3.28. The van der Waals surface area contributed by atoms with Gasteiger partial charge in [-0.25, -0.2) is 0 Å². The molecule has 0 atom stereocenters. The van der Waals surface area contributed by atoms with Gasteiger partial charge in [0.05, 0.1) is 5.41 Å². The van der Waals surface area contributed by atoms with Crippen molar-refractivity contribution in [1.82, 2.24) is 10.6 Å². The summed E-state index contributed by atoms with van der Waals surface area (Å²) in [5.41, 5.74) is 3.07. The molecule has 3 nitrogen and oxygen atoms in total. The van der Waals surface area contributed by atoms with Crippen LogP contribution in [-0.2, 0) is 10.2 Å². The third-order valence-corrected chi connectivity index (χ3v) is 4.02. The van der Waals surface area contributed by atoms with Gasteiger partial charge in [0.25, 0.3) is 0 Å². The van der Waals surface area contributed by atoms with Gasteiger partial charge >= 0.3 is 0 Å². The fraction of sp³-hybridized carbons (Fsp3) is 0.471. The number of rotatable bonds is 4. The lowest BCUT2D eigenvalue weighted by Crippen LogP contribution is -2.41. The van der Waals surface area contributed by atoms with Crippen molar-refractivity contribution in [2.45, 2.75) is 32.6 Å². The van der Waals surface area contributed by atoms with Crippen LogP contribution in [0.5, 0.6) is 0 Å². The molecule has 1 aliphatic heterocycles. The predicted octanol–water partition coefficient (Wildman–Crippen LogP) is 2.31. The Labute approximate surface area is 121 Å². The molecule has 0 radical (unpaired) electrons. The molecule has 1 heterocycles. The Morgan fingerprint density at radius 1 is 1.35 bits per heavy atom. The van der Waals surface area contributed by atoms with Crippen LogP contribution in [0.15, 0.2) is 35.9 Å². The summed E-state index contributed by atoms with van der Waals surface area (Å²) in [6, 6.07) is 8.09. The van der Waals surface area contributed by atoms with E-state index in [0.29, 0.717) is 6.54 Å². The van der Waals surface area contributed by atoms with Crippen LogP contribution >= 0.6 is 0 Å². The van der Waals surface area contributed by atoms with Gasteiger partial charge in [-0.2, -0.15) is 0 Å². The van der Waals surface area contributed by atoms with Crippen LogP contribution in [0, 0.1) is 6.92 Å². The van der Waals surface area contributed by atoms with Crippen molar-refractivity contribution in [2.24, 2.45) is 0 Å². The second-order valence-electron chi connectivity index (χ2n) is 5.94. The molecule has 0 aromatic heterocycles. The molecule has 1 amide bonds. The van der Waals surface area contributed by atoms with Gasteiger partial charge in [-0.15, -0.1) is 0 Å². The summed E-state index contributed by atoms with van der Waals surface area (Å²) in [7, 11) is 0. The SMILES string of the molecule is Cc1ccccc1C(C)(C)C(=O)NCC1=CCNCC1. The summed E-state index contributed by atoms with van der Waals surface area (Å²) in [5, 5.41) is 6.36. The summed E-state index contributed by atoms with van der Waals surface area (Å²) in [6.07, 6.45) is 3.19. The highest BCUT2D eigenvalue weighted by atomic mass is 16.2. The minimum absolute atomic E-state index is 0.0891. The number of hydrogen-bond acceptors (Lipinski definition) is 2. The average molecular weight is 272 g/mol. The minimum atomic E-state index is -0.501. The van der Waals surface area contributed by atoms with E-state index in [1.165, 1.54) is 5.57 Å². The maximum Gasteiger partial charge on any atom is 0.230 e. The molecule has 0 unspecified atom stereocenters. The van der Waals surface area contributed by atoms with E-state index in [1.807, 2.05) is 32.0 Å². The molecule has 20 heavy (non-hydrogen) atoms. The Kier molecular flexibility index (Phi) is 4.61. The normalized spacial score (nSPS) is 15.7. The molecule has 108 valence electrons. The quantitative estimate of drug-likeness (QED) is 0.826. The molecule has 0 saturated heterocycles. The Morgan fingerprint density at radius 3 is 2.75 bits per heavy atom. The Bertz CT molecular complexity index is 517. The van der Waals surface area contributed by atoms with E-state index in [4.69, 9.17) is 0 Å². The Morgan fingerprint density at radius 2 is 2.10 bits per heavy atom. The standard InChI is InChI=1S/C17H24N2O/c1-13-6-4-5-7-15(13)17(2,3)16(20)19-12-14-8-10-18-11-9-14/h4-8,18H,9-12H2,1-3H3,(H,19,20). The van der Waals surface area contributed by atoms with E-state index in [0.717, 1.165) is 30.6 Å². The summed E-state index contributed by atoms with van der Waals surface area (Å²) >= 11 is 0. The number of aryl methyl sites for hydroxylation is 1. The fourth-order valence-corrected chi connectivity index (χ4v) is 2.64. The summed E-state index contributed by atoms with van der Waals surface area (Å²) in [5.74, 6) is 0.0891. The zero-order valence-corrected chi connectivity index (χ0v) is 12.6. The van der Waals surface area contributed by atoms with E-state index in [-0.39, 0.29) is 5.91 Å². The highest BCUT2D eigenvalue weighted by Crippen LogP contribution is 2.26. The van der Waals surface area contributed by atoms with Gasteiger partial charge in [-0.1, -0.05) is 35.9 Å². The van der Waals surface area contributed by atoms with E-state index >= 15 is 0 Å². The molecule has 1 aromatic carbocycles. The van der Waals surface area contributed by atoms with Gasteiger partial charge in [0.2, 0.25) is 5.91 Å². The molecular formula is C17H24N2O. The lowest BCUT2D eigenvalue weighted by Gasteiger charge is -2.26. The molecule has 2 N–H and O–H groups in total. The molecule has 0 bridgehead atoms. The molecule has 0 saturated carbocycles. The maximum absolute atomic E-state index is 12.5. The zero-order valence-electron chi connectivity index (χ0n) is 12.6. The fourth-order valence-electron chi connectivity index (χ4n) is 2.64. The predicted molar refractivity (Wildman–Crippen MR) is 82.8 cm³/mol. The second-order valence-corrected chi connectivity index (χ2v) is 5.94. The maximum atomic E-state index is 12.5. The first kappa shape index (κ1) is 14.8. The van der Waals surface area contributed by atoms with Crippen molar-refractivity contribution in [1.29, 1.82) is 0 Å². The topological polar surface area (TPSA) is 41.1 Å². The lowest BCUT2D eigenvalue weighted by atomic mass is 9.81. The number of carbonyl (C=O) groups excluding carboxylic acids is 1. The minimum Gasteiger partial charge on any atom is -0.352 e. The molecule has 0 aliphatic carbocycles. The molecule has 3 heteroatoms. The number of amides is 1. The van der Waals surface area contributed by atoms with Gasteiger partial charge in [-0.05, 0) is 44.9 Å². The van der Waals surface area contributed by atoms with E-state index in [9.17, 15) is 4.79 Å². The average Bonchev–Trinajstić information content (AvgIpc) is 2.46. The second kappa shape index (κ2) is 6.23. The van der Waals surface area contributed by atoms with Gasteiger partial charge < -0.3 is 10.6 Å². The van der Waals surface area contributed by atoms with Crippen molar-refractivity contribution in [3.63, 3.8) is 0 Å². The van der Waals surface area contributed by atoms with Crippen LogP contribution in [-0.4, -0.2) is 25.5 Å². The third-order valence-electron chi connectivity index (χ3n) is 4.02. The van der Waals surface area contributed by atoms with Crippen LogP contribution < -0.4 is 10.6 Å². The molecular weight excluding hydrogens is 248 g/mol. The van der Waals surface area contributed by atoms with Crippen LogP contribution in [0.3, 0.4) is 0 Å². The summed E-state index contributed by atoms with van der Waals surface area (Å²) in [4.78, 5) is 12.5. The van der Waals surface area contributed by atoms with Crippen molar-refractivity contribution >= 4 is 5.91 Å². The van der Waals surface area contributed by atoms with Crippen molar-refractivity contribution in [2.75, 3.05) is 19.6 Å². The van der Waals surface area contributed by atoms with Gasteiger partial charge in [0.1, 0.15) is 0 Å². The van der Waals surface area contributed by atoms with E-state index in [2.05, 4.69) is 29.7 Å². The van der Waals surface area contributed by atoms with Crippen LogP contribution in [0.1, 0.15) is 31.4 Å². The van der Waals surface area contributed by atoms with Gasteiger partial charge in [0, 0.05) is 13.1 Å². The van der Waals surface area contributed by atoms with Gasteiger partial charge in [-0.3, -0.25) is 4.79 Å². The van der Waals surface area contributed by atoms with E-state index < -0.39 is 5.41 Å². The largest absolute Gasteiger partial charge is 0.352 e. The van der Waals surface area contributed by atoms with Crippen molar-refractivity contribution < 1.29 is 4.79 Å². The summed E-state index contributed by atoms with van der Waals surface area (Å²) < 4.78 is 0. The highest BCUT2D eigenvalue weighted by Gasteiger charge is 2.30. The van der Waals surface area contributed by atoms with Crippen molar-refractivity contribution in [3.8, 4) is 0 Å². The first-order valence-electron chi connectivity index (χ1n) is 7.25. The first-order chi connectivity index (χ1) is 9.51. The lowest BCUT2D eigenvalue weighted by molar-refractivity contribution is -0.125. The Balaban J connectivity index is 2.04. The van der Waals surface area contributed by atoms with Crippen LogP contribution in [0.4, 0.5) is 0 Å².